The van der Waals surface area contributed by atoms with E-state index in [0.717, 1.165) is 17.8 Å². The topological polar surface area (TPSA) is 59.8 Å². The number of carbonyl (C=O) groups excluding carboxylic acids is 1. The number of carbonyl (C=O) groups is 1. The maximum atomic E-state index is 12.5. The maximum absolute atomic E-state index is 12.5. The van der Waals surface area contributed by atoms with Crippen LogP contribution in [0.4, 0.5) is 18.9 Å². The number of nitrogens with zero attached hydrogens (tertiary/aromatic N) is 3. The summed E-state index contributed by atoms with van der Waals surface area (Å²) in [4.78, 5) is 15.9. The fourth-order valence-electron chi connectivity index (χ4n) is 2.24. The van der Waals surface area contributed by atoms with E-state index in [4.69, 9.17) is 0 Å². The summed E-state index contributed by atoms with van der Waals surface area (Å²) in [6.07, 6.45) is -1.42. The molecule has 1 aromatic heterocycles. The standard InChI is InChI=1S/C17H13F3N4O/c18-17(19,20)13-3-1-12(2-4-13)9-16(25)23-14-5-7-15(8-6-14)24-11-21-10-22-24/h1-8,10-11H,9H2,(H,23,25). The van der Waals surface area contributed by atoms with Gasteiger partial charge in [-0.15, -0.1) is 0 Å². The van der Waals surface area contributed by atoms with Crippen LogP contribution in [0.25, 0.3) is 5.69 Å². The fourth-order valence-corrected chi connectivity index (χ4v) is 2.24. The first-order valence-electron chi connectivity index (χ1n) is 7.33. The third-order valence-electron chi connectivity index (χ3n) is 3.48. The summed E-state index contributed by atoms with van der Waals surface area (Å²) in [6, 6.07) is 11.5. The summed E-state index contributed by atoms with van der Waals surface area (Å²) in [6.45, 7) is 0. The van der Waals surface area contributed by atoms with Crippen LogP contribution in [0.5, 0.6) is 0 Å². The second kappa shape index (κ2) is 6.76. The van der Waals surface area contributed by atoms with Crippen LogP contribution in [0.3, 0.4) is 0 Å². The molecule has 0 atom stereocenters. The Morgan fingerprint density at radius 2 is 1.72 bits per heavy atom. The molecule has 3 rings (SSSR count). The number of hydrogen-bond donors (Lipinski definition) is 1. The van der Waals surface area contributed by atoms with E-state index in [2.05, 4.69) is 15.4 Å². The summed E-state index contributed by atoms with van der Waals surface area (Å²) < 4.78 is 39.1. The number of aromatic nitrogens is 3. The van der Waals surface area contributed by atoms with Crippen molar-refractivity contribution in [2.75, 3.05) is 5.32 Å². The lowest BCUT2D eigenvalue weighted by atomic mass is 10.1. The van der Waals surface area contributed by atoms with Gasteiger partial charge in [-0.2, -0.15) is 18.3 Å². The molecule has 0 radical (unpaired) electrons. The molecule has 1 amide bonds. The fraction of sp³-hybridized carbons (Fsp3) is 0.118. The molecule has 25 heavy (non-hydrogen) atoms. The van der Waals surface area contributed by atoms with E-state index in [1.54, 1.807) is 35.3 Å². The third-order valence-corrected chi connectivity index (χ3v) is 3.48. The highest BCUT2D eigenvalue weighted by atomic mass is 19.4. The molecule has 3 aromatic rings. The normalized spacial score (nSPS) is 11.3. The molecule has 0 spiro atoms. The molecular formula is C17H13F3N4O. The lowest BCUT2D eigenvalue weighted by molar-refractivity contribution is -0.137. The highest BCUT2D eigenvalue weighted by molar-refractivity contribution is 5.92. The average Bonchev–Trinajstić information content (AvgIpc) is 3.09. The Balaban J connectivity index is 1.61. The summed E-state index contributed by atoms with van der Waals surface area (Å²) in [5.74, 6) is -0.312. The van der Waals surface area contributed by atoms with E-state index in [1.165, 1.54) is 18.5 Å². The largest absolute Gasteiger partial charge is 0.416 e. The van der Waals surface area contributed by atoms with Gasteiger partial charge in [0.1, 0.15) is 12.7 Å². The molecule has 0 saturated heterocycles. The van der Waals surface area contributed by atoms with Crippen molar-refractivity contribution in [3.05, 3.63) is 72.3 Å². The van der Waals surface area contributed by atoms with E-state index < -0.39 is 11.7 Å². The van der Waals surface area contributed by atoms with E-state index in [9.17, 15) is 18.0 Å². The molecule has 5 nitrogen and oxygen atoms in total. The number of anilines is 1. The molecule has 0 fully saturated rings. The van der Waals surface area contributed by atoms with E-state index in [0.29, 0.717) is 11.3 Å². The maximum Gasteiger partial charge on any atom is 0.416 e. The molecule has 0 bridgehead atoms. The summed E-state index contributed by atoms with van der Waals surface area (Å²) >= 11 is 0. The van der Waals surface area contributed by atoms with Gasteiger partial charge in [0.2, 0.25) is 5.91 Å². The number of nitrogens with one attached hydrogen (secondary N) is 1. The van der Waals surface area contributed by atoms with Gasteiger partial charge < -0.3 is 5.32 Å². The van der Waals surface area contributed by atoms with E-state index >= 15 is 0 Å². The van der Waals surface area contributed by atoms with Crippen molar-refractivity contribution in [3.63, 3.8) is 0 Å². The number of alkyl halides is 3. The highest BCUT2D eigenvalue weighted by Crippen LogP contribution is 2.29. The average molecular weight is 346 g/mol. The van der Waals surface area contributed by atoms with E-state index in [1.807, 2.05) is 0 Å². The Morgan fingerprint density at radius 3 is 2.28 bits per heavy atom. The van der Waals surface area contributed by atoms with Crippen molar-refractivity contribution in [1.82, 2.24) is 14.8 Å². The SMILES string of the molecule is O=C(Cc1ccc(C(F)(F)F)cc1)Nc1ccc(-n2cncn2)cc1. The first kappa shape index (κ1) is 16.7. The van der Waals surface area contributed by atoms with Crippen LogP contribution in [-0.4, -0.2) is 20.7 Å². The first-order valence-corrected chi connectivity index (χ1v) is 7.33. The molecule has 1 heterocycles. The van der Waals surface area contributed by atoms with Gasteiger partial charge in [-0.05, 0) is 42.0 Å². The van der Waals surface area contributed by atoms with Crippen LogP contribution < -0.4 is 5.32 Å². The third kappa shape index (κ3) is 4.23. The van der Waals surface area contributed by atoms with Crippen molar-refractivity contribution in [1.29, 1.82) is 0 Å². The van der Waals surface area contributed by atoms with Crippen LogP contribution in [0.15, 0.2) is 61.2 Å². The minimum Gasteiger partial charge on any atom is -0.326 e. The van der Waals surface area contributed by atoms with E-state index in [-0.39, 0.29) is 12.3 Å². The quantitative estimate of drug-likeness (QED) is 0.787. The van der Waals surface area contributed by atoms with Gasteiger partial charge in [0.25, 0.3) is 0 Å². The predicted molar refractivity (Wildman–Crippen MR) is 85.1 cm³/mol. The smallest absolute Gasteiger partial charge is 0.326 e. The van der Waals surface area contributed by atoms with Gasteiger partial charge in [-0.3, -0.25) is 4.79 Å². The molecule has 0 aliphatic carbocycles. The van der Waals surface area contributed by atoms with Crippen molar-refractivity contribution in [2.45, 2.75) is 12.6 Å². The predicted octanol–water partition coefficient (Wildman–Crippen LogP) is 3.47. The van der Waals surface area contributed by atoms with Gasteiger partial charge in [0.15, 0.2) is 0 Å². The number of benzene rings is 2. The molecule has 0 aliphatic rings. The van der Waals surface area contributed by atoms with Crippen LogP contribution in [0.1, 0.15) is 11.1 Å². The van der Waals surface area contributed by atoms with Gasteiger partial charge in [-0.25, -0.2) is 9.67 Å². The monoisotopic (exact) mass is 346 g/mol. The Morgan fingerprint density at radius 1 is 1.04 bits per heavy atom. The molecule has 0 saturated carbocycles. The van der Waals surface area contributed by atoms with Crippen molar-refractivity contribution >= 4 is 11.6 Å². The Kier molecular flexibility index (Phi) is 4.51. The van der Waals surface area contributed by atoms with Gasteiger partial charge in [0.05, 0.1) is 17.7 Å². The zero-order valence-electron chi connectivity index (χ0n) is 12.9. The zero-order chi connectivity index (χ0) is 17.9. The van der Waals surface area contributed by atoms with Crippen LogP contribution >= 0.6 is 0 Å². The molecule has 1 N–H and O–H groups in total. The second-order valence-electron chi connectivity index (χ2n) is 5.31. The lowest BCUT2D eigenvalue weighted by Gasteiger charge is -2.09. The molecular weight excluding hydrogens is 333 g/mol. The summed E-state index contributed by atoms with van der Waals surface area (Å²) in [5.41, 5.74) is 1.14. The Bertz CT molecular complexity index is 841. The zero-order valence-corrected chi connectivity index (χ0v) is 12.9. The molecule has 8 heteroatoms. The van der Waals surface area contributed by atoms with Gasteiger partial charge in [-0.1, -0.05) is 12.1 Å². The minimum atomic E-state index is -4.38. The van der Waals surface area contributed by atoms with Gasteiger partial charge >= 0.3 is 6.18 Å². The first-order chi connectivity index (χ1) is 11.9. The van der Waals surface area contributed by atoms with Crippen LogP contribution in [0, 0.1) is 0 Å². The summed E-state index contributed by atoms with van der Waals surface area (Å²) in [7, 11) is 0. The number of rotatable bonds is 4. The number of amides is 1. The Hall–Kier alpha value is -3.16. The van der Waals surface area contributed by atoms with Crippen molar-refractivity contribution in [2.24, 2.45) is 0 Å². The van der Waals surface area contributed by atoms with Crippen molar-refractivity contribution < 1.29 is 18.0 Å². The van der Waals surface area contributed by atoms with Gasteiger partial charge in [0, 0.05) is 5.69 Å². The van der Waals surface area contributed by atoms with Crippen LogP contribution in [0.2, 0.25) is 0 Å². The second-order valence-corrected chi connectivity index (χ2v) is 5.31. The van der Waals surface area contributed by atoms with Crippen molar-refractivity contribution in [3.8, 4) is 5.69 Å². The lowest BCUT2D eigenvalue weighted by Crippen LogP contribution is -2.14. The van der Waals surface area contributed by atoms with Crippen LogP contribution in [-0.2, 0) is 17.4 Å². The minimum absolute atomic E-state index is 0.0109. The molecule has 0 unspecified atom stereocenters. The molecule has 2 aromatic carbocycles. The summed E-state index contributed by atoms with van der Waals surface area (Å²) in [5, 5.41) is 6.70. The Labute approximate surface area is 141 Å². The number of hydrogen-bond acceptors (Lipinski definition) is 3. The molecule has 128 valence electrons. The highest BCUT2D eigenvalue weighted by Gasteiger charge is 2.29. The number of halogens is 3. The molecule has 0 aliphatic heterocycles.